The average Bonchev–Trinajstić information content (AvgIpc) is 3.22. The summed E-state index contributed by atoms with van der Waals surface area (Å²) in [6, 6.07) is 16.2. The summed E-state index contributed by atoms with van der Waals surface area (Å²) in [7, 11) is 0. The molecule has 0 saturated carbocycles. The molecule has 0 bridgehead atoms. The van der Waals surface area contributed by atoms with Crippen LogP contribution < -0.4 is 10.6 Å². The number of rotatable bonds is 7. The molecular formula is C21H17ClN4O3S. The molecule has 30 heavy (non-hydrogen) atoms. The highest BCUT2D eigenvalue weighted by Crippen LogP contribution is 2.21. The lowest BCUT2D eigenvalue weighted by molar-refractivity contribution is -0.123. The standard InChI is InChI=1S/C21H17ClN4O3S/c1-13(19(27)25-16-8-7-15(10-23)17(22)9-16)29-20(28)18-12-30-21(26-18)24-11-14-5-3-2-4-6-14/h2-9,12-13H,11H2,1H3,(H,24,26)(H,25,27). The average molecular weight is 441 g/mol. The Balaban J connectivity index is 1.53. The van der Waals surface area contributed by atoms with Crippen LogP contribution in [0.4, 0.5) is 10.8 Å². The molecule has 2 aromatic carbocycles. The lowest BCUT2D eigenvalue weighted by Gasteiger charge is -2.13. The maximum absolute atomic E-state index is 12.3. The van der Waals surface area contributed by atoms with Crippen LogP contribution in [0.25, 0.3) is 0 Å². The van der Waals surface area contributed by atoms with E-state index in [2.05, 4.69) is 15.6 Å². The van der Waals surface area contributed by atoms with Crippen molar-refractivity contribution in [1.82, 2.24) is 4.98 Å². The molecule has 1 amide bonds. The third-order valence-electron chi connectivity index (χ3n) is 4.01. The van der Waals surface area contributed by atoms with Crippen LogP contribution >= 0.6 is 22.9 Å². The van der Waals surface area contributed by atoms with Gasteiger partial charge in [-0.25, -0.2) is 9.78 Å². The summed E-state index contributed by atoms with van der Waals surface area (Å²) in [4.78, 5) is 28.8. The van der Waals surface area contributed by atoms with Gasteiger partial charge in [0.25, 0.3) is 5.91 Å². The fourth-order valence-electron chi connectivity index (χ4n) is 2.42. The first-order valence-electron chi connectivity index (χ1n) is 8.91. The third kappa shape index (κ3) is 5.56. The number of esters is 1. The monoisotopic (exact) mass is 440 g/mol. The van der Waals surface area contributed by atoms with Crippen LogP contribution in [0.1, 0.15) is 28.5 Å². The molecule has 7 nitrogen and oxygen atoms in total. The molecule has 0 spiro atoms. The second-order valence-electron chi connectivity index (χ2n) is 6.22. The zero-order chi connectivity index (χ0) is 21.5. The maximum atomic E-state index is 12.3. The van der Waals surface area contributed by atoms with Gasteiger partial charge in [-0.2, -0.15) is 5.26 Å². The highest BCUT2D eigenvalue weighted by molar-refractivity contribution is 7.13. The lowest BCUT2D eigenvalue weighted by atomic mass is 10.2. The Hall–Kier alpha value is -3.41. The van der Waals surface area contributed by atoms with Gasteiger partial charge in [0.05, 0.1) is 10.6 Å². The van der Waals surface area contributed by atoms with Crippen molar-refractivity contribution in [3.63, 3.8) is 0 Å². The molecule has 9 heteroatoms. The van der Waals surface area contributed by atoms with Crippen LogP contribution in [0.3, 0.4) is 0 Å². The first kappa shape index (κ1) is 21.3. The SMILES string of the molecule is CC(OC(=O)c1csc(NCc2ccccc2)n1)C(=O)Nc1ccc(C#N)c(Cl)c1. The number of benzene rings is 2. The predicted molar refractivity (Wildman–Crippen MR) is 116 cm³/mol. The van der Waals surface area contributed by atoms with Gasteiger partial charge in [0.1, 0.15) is 6.07 Å². The van der Waals surface area contributed by atoms with E-state index < -0.39 is 18.0 Å². The van der Waals surface area contributed by atoms with Crippen LogP contribution in [0.15, 0.2) is 53.9 Å². The fraction of sp³-hybridized carbons (Fsp3) is 0.143. The van der Waals surface area contributed by atoms with Gasteiger partial charge >= 0.3 is 5.97 Å². The van der Waals surface area contributed by atoms with Gasteiger partial charge < -0.3 is 15.4 Å². The number of hydrogen-bond donors (Lipinski definition) is 2. The lowest BCUT2D eigenvalue weighted by Crippen LogP contribution is -2.30. The molecular weight excluding hydrogens is 424 g/mol. The number of nitrogens with one attached hydrogen (secondary N) is 2. The van der Waals surface area contributed by atoms with Gasteiger partial charge in [-0.05, 0) is 30.7 Å². The van der Waals surface area contributed by atoms with E-state index in [0.29, 0.717) is 22.9 Å². The van der Waals surface area contributed by atoms with Gasteiger partial charge in [0, 0.05) is 17.6 Å². The number of nitrogens with zero attached hydrogens (tertiary/aromatic N) is 2. The Labute approximate surface area is 182 Å². The molecule has 1 aromatic heterocycles. The largest absolute Gasteiger partial charge is 0.448 e. The van der Waals surface area contributed by atoms with E-state index in [-0.39, 0.29) is 10.7 Å². The number of nitriles is 1. The minimum absolute atomic E-state index is 0.122. The molecule has 0 radical (unpaired) electrons. The summed E-state index contributed by atoms with van der Waals surface area (Å²) in [6.07, 6.45) is -1.05. The molecule has 2 N–H and O–H groups in total. The number of aromatic nitrogens is 1. The number of carbonyl (C=O) groups excluding carboxylic acids is 2. The van der Waals surface area contributed by atoms with E-state index >= 15 is 0 Å². The van der Waals surface area contributed by atoms with Crippen molar-refractivity contribution in [3.8, 4) is 6.07 Å². The van der Waals surface area contributed by atoms with E-state index in [1.54, 1.807) is 11.4 Å². The van der Waals surface area contributed by atoms with Crippen LogP contribution in [0.5, 0.6) is 0 Å². The Kier molecular flexibility index (Phi) is 7.01. The number of carbonyl (C=O) groups is 2. The Bertz CT molecular complexity index is 1100. The van der Waals surface area contributed by atoms with Crippen molar-refractivity contribution in [2.24, 2.45) is 0 Å². The van der Waals surface area contributed by atoms with Crippen LogP contribution in [-0.4, -0.2) is 23.0 Å². The number of amides is 1. The first-order chi connectivity index (χ1) is 14.5. The second-order valence-corrected chi connectivity index (χ2v) is 7.49. The predicted octanol–water partition coefficient (Wildman–Crippen LogP) is 4.46. The summed E-state index contributed by atoms with van der Waals surface area (Å²) in [6.45, 7) is 2.04. The number of anilines is 2. The van der Waals surface area contributed by atoms with Gasteiger partial charge in [-0.3, -0.25) is 4.79 Å². The van der Waals surface area contributed by atoms with Crippen molar-refractivity contribution in [2.75, 3.05) is 10.6 Å². The zero-order valence-electron chi connectivity index (χ0n) is 15.9. The first-order valence-corrected chi connectivity index (χ1v) is 10.2. The van der Waals surface area contributed by atoms with Crippen molar-refractivity contribution in [2.45, 2.75) is 19.6 Å². The van der Waals surface area contributed by atoms with Crippen molar-refractivity contribution in [1.29, 1.82) is 5.26 Å². The van der Waals surface area contributed by atoms with E-state index in [1.165, 1.54) is 30.4 Å². The molecule has 0 aliphatic carbocycles. The van der Waals surface area contributed by atoms with E-state index in [1.807, 2.05) is 36.4 Å². The van der Waals surface area contributed by atoms with Gasteiger partial charge in [0.15, 0.2) is 16.9 Å². The second kappa shape index (κ2) is 9.87. The number of hydrogen-bond acceptors (Lipinski definition) is 7. The normalized spacial score (nSPS) is 11.2. The van der Waals surface area contributed by atoms with Crippen LogP contribution in [-0.2, 0) is 16.1 Å². The quantitative estimate of drug-likeness (QED) is 0.525. The molecule has 3 aromatic rings. The molecule has 0 fully saturated rings. The highest BCUT2D eigenvalue weighted by atomic mass is 35.5. The van der Waals surface area contributed by atoms with Crippen molar-refractivity contribution in [3.05, 3.63) is 75.8 Å². The van der Waals surface area contributed by atoms with Gasteiger partial charge in [0.2, 0.25) is 0 Å². The highest BCUT2D eigenvalue weighted by Gasteiger charge is 2.21. The van der Waals surface area contributed by atoms with E-state index in [9.17, 15) is 9.59 Å². The smallest absolute Gasteiger partial charge is 0.358 e. The molecule has 0 aliphatic heterocycles. The number of ether oxygens (including phenoxy) is 1. The Morgan fingerprint density at radius 3 is 2.73 bits per heavy atom. The van der Waals surface area contributed by atoms with Crippen molar-refractivity contribution < 1.29 is 14.3 Å². The Morgan fingerprint density at radius 2 is 2.03 bits per heavy atom. The molecule has 1 unspecified atom stereocenters. The molecule has 0 aliphatic rings. The summed E-state index contributed by atoms with van der Waals surface area (Å²) >= 11 is 7.23. The summed E-state index contributed by atoms with van der Waals surface area (Å²) in [5.74, 6) is -1.22. The summed E-state index contributed by atoms with van der Waals surface area (Å²) in [5, 5.41) is 17.0. The zero-order valence-corrected chi connectivity index (χ0v) is 17.5. The topological polar surface area (TPSA) is 104 Å². The van der Waals surface area contributed by atoms with Gasteiger partial charge in [-0.1, -0.05) is 41.9 Å². The van der Waals surface area contributed by atoms with Crippen molar-refractivity contribution >= 4 is 45.6 Å². The van der Waals surface area contributed by atoms with E-state index in [0.717, 1.165) is 5.56 Å². The minimum atomic E-state index is -1.05. The number of thiazole rings is 1. The third-order valence-corrected chi connectivity index (χ3v) is 5.12. The summed E-state index contributed by atoms with van der Waals surface area (Å²) < 4.78 is 5.20. The number of halogens is 1. The molecule has 1 atom stereocenters. The van der Waals surface area contributed by atoms with Crippen LogP contribution in [0.2, 0.25) is 5.02 Å². The van der Waals surface area contributed by atoms with Crippen LogP contribution in [0, 0.1) is 11.3 Å². The fourth-order valence-corrected chi connectivity index (χ4v) is 3.33. The molecule has 152 valence electrons. The Morgan fingerprint density at radius 1 is 1.27 bits per heavy atom. The summed E-state index contributed by atoms with van der Waals surface area (Å²) in [5.41, 5.74) is 1.91. The molecule has 1 heterocycles. The molecule has 0 saturated heterocycles. The molecule has 3 rings (SSSR count). The van der Waals surface area contributed by atoms with Gasteiger partial charge in [-0.15, -0.1) is 11.3 Å². The maximum Gasteiger partial charge on any atom is 0.358 e. The van der Waals surface area contributed by atoms with E-state index in [4.69, 9.17) is 21.6 Å². The minimum Gasteiger partial charge on any atom is -0.448 e.